The molecule has 1 saturated heterocycles. The molecule has 0 aliphatic carbocycles. The van der Waals surface area contributed by atoms with Crippen molar-refractivity contribution in [1.82, 2.24) is 4.31 Å². The van der Waals surface area contributed by atoms with E-state index in [0.29, 0.717) is 24.3 Å². The fraction of sp³-hybridized carbons (Fsp3) is 0.538. The van der Waals surface area contributed by atoms with Crippen LogP contribution in [0.3, 0.4) is 0 Å². The van der Waals surface area contributed by atoms with Gasteiger partial charge in [0.05, 0.1) is 11.0 Å². The molecule has 18 heavy (non-hydrogen) atoms. The lowest BCUT2D eigenvalue weighted by molar-refractivity contribution is 0.108. The molecule has 0 spiro atoms. The van der Waals surface area contributed by atoms with Crippen molar-refractivity contribution in [3.05, 3.63) is 29.3 Å². The van der Waals surface area contributed by atoms with Crippen molar-refractivity contribution in [3.8, 4) is 0 Å². The molecule has 1 aliphatic heterocycles. The Hall–Kier alpha value is -0.910. The molecular weight excluding hydrogens is 250 g/mol. The van der Waals surface area contributed by atoms with E-state index in [1.807, 2.05) is 19.9 Å². The predicted octanol–water partition coefficient (Wildman–Crippen LogP) is 1.45. The lowest BCUT2D eigenvalue weighted by Gasteiger charge is -2.29. The molecule has 0 amide bonds. The second-order valence-corrected chi connectivity index (χ2v) is 6.84. The first-order chi connectivity index (χ1) is 8.41. The fourth-order valence-corrected chi connectivity index (χ4v) is 3.76. The van der Waals surface area contributed by atoms with Gasteiger partial charge >= 0.3 is 0 Å². The van der Waals surface area contributed by atoms with Crippen LogP contribution in [0.5, 0.6) is 0 Å². The van der Waals surface area contributed by atoms with Crippen molar-refractivity contribution in [2.24, 2.45) is 0 Å². The van der Waals surface area contributed by atoms with Gasteiger partial charge in [-0.15, -0.1) is 0 Å². The Kier molecular flexibility index (Phi) is 3.75. The van der Waals surface area contributed by atoms with Gasteiger partial charge in [0.15, 0.2) is 0 Å². The molecule has 1 aromatic carbocycles. The van der Waals surface area contributed by atoms with Crippen molar-refractivity contribution in [1.29, 1.82) is 0 Å². The van der Waals surface area contributed by atoms with Gasteiger partial charge < -0.3 is 5.11 Å². The minimum absolute atomic E-state index is 0.204. The van der Waals surface area contributed by atoms with Crippen molar-refractivity contribution in [3.63, 3.8) is 0 Å². The number of piperidine rings is 1. The SMILES string of the molecule is Cc1ccc(S(=O)(=O)N2CCCC(O)C2)cc1C. The molecule has 0 aromatic heterocycles. The first-order valence-electron chi connectivity index (χ1n) is 6.17. The predicted molar refractivity (Wildman–Crippen MR) is 69.9 cm³/mol. The number of aliphatic hydroxyl groups is 1. The number of hydrogen-bond donors (Lipinski definition) is 1. The zero-order valence-electron chi connectivity index (χ0n) is 10.8. The second-order valence-electron chi connectivity index (χ2n) is 4.91. The number of β-amino-alcohol motifs (C(OH)–C–C–N with tert-alkyl or cyclic N) is 1. The smallest absolute Gasteiger partial charge is 0.243 e. The third kappa shape index (κ3) is 2.58. The Bertz CT molecular complexity index is 539. The molecule has 1 unspecified atom stereocenters. The van der Waals surface area contributed by atoms with Gasteiger partial charge in [-0.2, -0.15) is 4.31 Å². The van der Waals surface area contributed by atoms with Crippen molar-refractivity contribution in [2.75, 3.05) is 13.1 Å². The first kappa shape index (κ1) is 13.5. The molecule has 1 N–H and O–H groups in total. The second kappa shape index (κ2) is 4.99. The van der Waals surface area contributed by atoms with E-state index in [9.17, 15) is 13.5 Å². The highest BCUT2D eigenvalue weighted by Gasteiger charge is 2.29. The van der Waals surface area contributed by atoms with Gasteiger partial charge in [0, 0.05) is 13.1 Å². The van der Waals surface area contributed by atoms with E-state index in [1.165, 1.54) is 4.31 Å². The van der Waals surface area contributed by atoms with Crippen LogP contribution in [-0.2, 0) is 10.0 Å². The van der Waals surface area contributed by atoms with Crippen molar-refractivity contribution in [2.45, 2.75) is 37.7 Å². The van der Waals surface area contributed by atoms with Gasteiger partial charge in [-0.3, -0.25) is 0 Å². The highest BCUT2D eigenvalue weighted by molar-refractivity contribution is 7.89. The van der Waals surface area contributed by atoms with Crippen LogP contribution in [0.2, 0.25) is 0 Å². The molecule has 0 saturated carbocycles. The lowest BCUT2D eigenvalue weighted by atomic mass is 10.1. The summed E-state index contributed by atoms with van der Waals surface area (Å²) in [4.78, 5) is 0.319. The highest BCUT2D eigenvalue weighted by atomic mass is 32.2. The van der Waals surface area contributed by atoms with E-state index in [2.05, 4.69) is 0 Å². The maximum Gasteiger partial charge on any atom is 0.243 e. The van der Waals surface area contributed by atoms with Gasteiger partial charge in [-0.05, 0) is 49.9 Å². The van der Waals surface area contributed by atoms with Crippen LogP contribution in [0.4, 0.5) is 0 Å². The molecule has 2 rings (SSSR count). The number of hydrogen-bond acceptors (Lipinski definition) is 3. The maximum atomic E-state index is 12.4. The van der Waals surface area contributed by atoms with Gasteiger partial charge in [0.25, 0.3) is 0 Å². The van der Waals surface area contributed by atoms with Gasteiger partial charge in [0.1, 0.15) is 0 Å². The molecule has 0 radical (unpaired) electrons. The summed E-state index contributed by atoms with van der Waals surface area (Å²) in [7, 11) is -3.46. The van der Waals surface area contributed by atoms with Gasteiger partial charge in [-0.1, -0.05) is 6.07 Å². The molecule has 1 aliphatic rings. The lowest BCUT2D eigenvalue weighted by Crippen LogP contribution is -2.42. The normalized spacial score (nSPS) is 22.1. The number of aliphatic hydroxyl groups excluding tert-OH is 1. The van der Waals surface area contributed by atoms with E-state index in [0.717, 1.165) is 11.1 Å². The monoisotopic (exact) mass is 269 g/mol. The van der Waals surface area contributed by atoms with Crippen molar-refractivity contribution >= 4 is 10.0 Å². The van der Waals surface area contributed by atoms with E-state index in [1.54, 1.807) is 12.1 Å². The number of nitrogens with zero attached hydrogens (tertiary/aromatic N) is 1. The van der Waals surface area contributed by atoms with E-state index in [-0.39, 0.29) is 6.54 Å². The standard InChI is InChI=1S/C13H19NO3S/c1-10-5-6-13(8-11(10)2)18(16,17)14-7-3-4-12(15)9-14/h5-6,8,12,15H,3-4,7,9H2,1-2H3. The summed E-state index contributed by atoms with van der Waals surface area (Å²) in [5, 5.41) is 9.58. The summed E-state index contributed by atoms with van der Waals surface area (Å²) in [6, 6.07) is 5.16. The molecule has 1 aromatic rings. The molecule has 5 heteroatoms. The topological polar surface area (TPSA) is 57.6 Å². The summed E-state index contributed by atoms with van der Waals surface area (Å²) in [6.07, 6.45) is 0.851. The van der Waals surface area contributed by atoms with Crippen LogP contribution in [0.25, 0.3) is 0 Å². The van der Waals surface area contributed by atoms with Gasteiger partial charge in [0.2, 0.25) is 10.0 Å². The van der Waals surface area contributed by atoms with E-state index < -0.39 is 16.1 Å². The number of sulfonamides is 1. The maximum absolute atomic E-state index is 12.4. The van der Waals surface area contributed by atoms with E-state index in [4.69, 9.17) is 0 Å². The Morgan fingerprint density at radius 1 is 1.28 bits per heavy atom. The van der Waals surface area contributed by atoms with E-state index >= 15 is 0 Å². The number of rotatable bonds is 2. The fourth-order valence-electron chi connectivity index (χ4n) is 2.16. The van der Waals surface area contributed by atoms with Crippen molar-refractivity contribution < 1.29 is 13.5 Å². The summed E-state index contributed by atoms with van der Waals surface area (Å²) in [5.74, 6) is 0. The molecule has 1 atom stereocenters. The Balaban J connectivity index is 2.32. The summed E-state index contributed by atoms with van der Waals surface area (Å²) < 4.78 is 26.2. The minimum Gasteiger partial charge on any atom is -0.392 e. The van der Waals surface area contributed by atoms with Crippen LogP contribution in [-0.4, -0.2) is 37.0 Å². The molecule has 0 bridgehead atoms. The number of aryl methyl sites for hydroxylation is 2. The van der Waals surface area contributed by atoms with Crippen LogP contribution < -0.4 is 0 Å². The average Bonchev–Trinajstić information content (AvgIpc) is 2.32. The summed E-state index contributed by atoms with van der Waals surface area (Å²) >= 11 is 0. The molecular formula is C13H19NO3S. The average molecular weight is 269 g/mol. The number of benzene rings is 1. The Morgan fingerprint density at radius 2 is 2.00 bits per heavy atom. The molecule has 4 nitrogen and oxygen atoms in total. The van der Waals surface area contributed by atoms with Crippen LogP contribution >= 0.6 is 0 Å². The molecule has 1 fully saturated rings. The third-order valence-corrected chi connectivity index (χ3v) is 5.34. The zero-order chi connectivity index (χ0) is 13.3. The highest BCUT2D eigenvalue weighted by Crippen LogP contribution is 2.22. The Labute approximate surface area is 108 Å². The quantitative estimate of drug-likeness (QED) is 0.884. The molecule has 100 valence electrons. The largest absolute Gasteiger partial charge is 0.392 e. The molecule has 1 heterocycles. The third-order valence-electron chi connectivity index (χ3n) is 3.48. The first-order valence-corrected chi connectivity index (χ1v) is 7.61. The minimum atomic E-state index is -3.46. The summed E-state index contributed by atoms with van der Waals surface area (Å²) in [6.45, 7) is 4.55. The van der Waals surface area contributed by atoms with Crippen LogP contribution in [0.15, 0.2) is 23.1 Å². The Morgan fingerprint density at radius 3 is 2.61 bits per heavy atom. The van der Waals surface area contributed by atoms with Crippen LogP contribution in [0, 0.1) is 13.8 Å². The van der Waals surface area contributed by atoms with Gasteiger partial charge in [-0.25, -0.2) is 8.42 Å². The summed E-state index contributed by atoms with van der Waals surface area (Å²) in [5.41, 5.74) is 2.04. The van der Waals surface area contributed by atoms with Crippen LogP contribution in [0.1, 0.15) is 24.0 Å². The zero-order valence-corrected chi connectivity index (χ0v) is 11.6.